The lowest BCUT2D eigenvalue weighted by Gasteiger charge is -2.47. The van der Waals surface area contributed by atoms with E-state index in [0.717, 1.165) is 42.1 Å². The fourth-order valence-corrected chi connectivity index (χ4v) is 5.00. The topological polar surface area (TPSA) is 51.2 Å². The van der Waals surface area contributed by atoms with Crippen molar-refractivity contribution < 1.29 is 19.0 Å². The van der Waals surface area contributed by atoms with E-state index in [9.17, 15) is 4.79 Å². The van der Waals surface area contributed by atoms with Crippen LogP contribution in [0, 0.1) is 13.8 Å². The molecule has 1 amide bonds. The van der Waals surface area contributed by atoms with Crippen LogP contribution in [0.5, 0.6) is 5.75 Å². The van der Waals surface area contributed by atoms with Gasteiger partial charge in [-0.2, -0.15) is 0 Å². The molecule has 4 atom stereocenters. The lowest BCUT2D eigenvalue weighted by atomic mass is 9.84. The van der Waals surface area contributed by atoms with Gasteiger partial charge in [-0.25, -0.2) is 0 Å². The zero-order valence-electron chi connectivity index (χ0n) is 18.8. The number of amides is 1. The van der Waals surface area contributed by atoms with Crippen LogP contribution in [0.4, 0.5) is 0 Å². The molecule has 1 aromatic carbocycles. The van der Waals surface area contributed by atoms with Crippen molar-refractivity contribution in [3.05, 3.63) is 28.3 Å². The number of hydrogen-bond acceptors (Lipinski definition) is 5. The number of aryl methyl sites for hydroxylation is 2. The zero-order chi connectivity index (χ0) is 21.8. The average molecular weight is 439 g/mol. The van der Waals surface area contributed by atoms with Crippen molar-refractivity contribution >= 4 is 17.5 Å². The molecule has 7 heteroatoms. The standard InChI is InChI=1S/C23H35ClN2O4/c1-15-10-17(11-16(2)23(15)24)30-14-22(27)25(3)18-12-20(28-4)21(29-5)13-19(18)26-8-6-7-9-26/h10-11,18-21H,6-9,12-14H2,1-5H3. The lowest BCUT2D eigenvalue weighted by Crippen LogP contribution is -2.59. The molecular formula is C23H35ClN2O4. The summed E-state index contributed by atoms with van der Waals surface area (Å²) in [5, 5.41) is 0.736. The number of carbonyl (C=O) groups is 1. The van der Waals surface area contributed by atoms with Crippen LogP contribution in [-0.2, 0) is 14.3 Å². The highest BCUT2D eigenvalue weighted by Crippen LogP contribution is 2.32. The third-order valence-electron chi connectivity index (χ3n) is 6.68. The SMILES string of the molecule is COC1CC(N2CCCC2)C(N(C)C(=O)COc2cc(C)c(Cl)c(C)c2)CC1OC. The molecule has 0 aromatic heterocycles. The number of hydrogen-bond donors (Lipinski definition) is 0. The Labute approximate surface area is 185 Å². The van der Waals surface area contributed by atoms with E-state index in [1.165, 1.54) is 12.8 Å². The van der Waals surface area contributed by atoms with Crippen molar-refractivity contribution in [2.45, 2.75) is 63.8 Å². The summed E-state index contributed by atoms with van der Waals surface area (Å²) in [6, 6.07) is 4.10. The molecule has 4 unspecified atom stereocenters. The summed E-state index contributed by atoms with van der Waals surface area (Å²) >= 11 is 6.24. The highest BCUT2D eigenvalue weighted by Gasteiger charge is 2.43. The van der Waals surface area contributed by atoms with Gasteiger partial charge in [0.15, 0.2) is 6.61 Å². The molecule has 1 aliphatic carbocycles. The van der Waals surface area contributed by atoms with Crippen LogP contribution < -0.4 is 4.74 Å². The van der Waals surface area contributed by atoms with E-state index < -0.39 is 0 Å². The minimum absolute atomic E-state index is 0.00554. The van der Waals surface area contributed by atoms with E-state index in [-0.39, 0.29) is 36.8 Å². The quantitative estimate of drug-likeness (QED) is 0.652. The molecule has 0 radical (unpaired) electrons. The lowest BCUT2D eigenvalue weighted by molar-refractivity contribution is -0.142. The maximum absolute atomic E-state index is 13.0. The van der Waals surface area contributed by atoms with Crippen molar-refractivity contribution in [3.8, 4) is 5.75 Å². The molecule has 6 nitrogen and oxygen atoms in total. The van der Waals surface area contributed by atoms with Crippen LogP contribution in [0.3, 0.4) is 0 Å². The van der Waals surface area contributed by atoms with E-state index in [1.54, 1.807) is 14.2 Å². The fourth-order valence-electron chi connectivity index (χ4n) is 4.89. The summed E-state index contributed by atoms with van der Waals surface area (Å²) in [5.41, 5.74) is 1.89. The molecule has 168 valence electrons. The Morgan fingerprint density at radius 3 is 2.23 bits per heavy atom. The Bertz CT molecular complexity index is 715. The van der Waals surface area contributed by atoms with Crippen molar-refractivity contribution in [2.75, 3.05) is 41.0 Å². The number of likely N-dealkylation sites (tertiary alicyclic amines) is 1. The number of methoxy groups -OCH3 is 2. The molecule has 2 aliphatic rings. The monoisotopic (exact) mass is 438 g/mol. The Kier molecular flexibility index (Phi) is 8.02. The number of carbonyl (C=O) groups excluding carboxylic acids is 1. The molecule has 1 aromatic rings. The summed E-state index contributed by atoms with van der Waals surface area (Å²) in [7, 11) is 5.36. The first-order valence-electron chi connectivity index (χ1n) is 10.8. The van der Waals surface area contributed by atoms with E-state index >= 15 is 0 Å². The number of benzene rings is 1. The smallest absolute Gasteiger partial charge is 0.260 e. The molecule has 0 N–H and O–H groups in total. The molecular weight excluding hydrogens is 404 g/mol. The third-order valence-corrected chi connectivity index (χ3v) is 7.28. The number of rotatable bonds is 7. The molecule has 1 saturated carbocycles. The van der Waals surface area contributed by atoms with Gasteiger partial charge < -0.3 is 19.1 Å². The average Bonchev–Trinajstić information content (AvgIpc) is 3.28. The van der Waals surface area contributed by atoms with Crippen molar-refractivity contribution in [2.24, 2.45) is 0 Å². The summed E-state index contributed by atoms with van der Waals surface area (Å²) in [6.07, 6.45) is 4.09. The van der Waals surface area contributed by atoms with Gasteiger partial charge in [-0.15, -0.1) is 0 Å². The molecule has 1 heterocycles. The van der Waals surface area contributed by atoms with Gasteiger partial charge in [0.2, 0.25) is 0 Å². The van der Waals surface area contributed by atoms with Gasteiger partial charge in [-0.05, 0) is 75.9 Å². The van der Waals surface area contributed by atoms with Crippen molar-refractivity contribution in [3.63, 3.8) is 0 Å². The first-order valence-corrected chi connectivity index (χ1v) is 11.2. The van der Waals surface area contributed by atoms with Gasteiger partial charge in [-0.1, -0.05) is 11.6 Å². The number of likely N-dealkylation sites (N-methyl/N-ethyl adjacent to an activating group) is 1. The van der Waals surface area contributed by atoms with Crippen LogP contribution in [0.2, 0.25) is 5.02 Å². The van der Waals surface area contributed by atoms with Gasteiger partial charge in [0.05, 0.1) is 12.2 Å². The van der Waals surface area contributed by atoms with Crippen molar-refractivity contribution in [1.82, 2.24) is 9.80 Å². The van der Waals surface area contributed by atoms with Crippen LogP contribution in [-0.4, -0.2) is 81.0 Å². The predicted molar refractivity (Wildman–Crippen MR) is 118 cm³/mol. The largest absolute Gasteiger partial charge is 0.484 e. The fraction of sp³-hybridized carbons (Fsp3) is 0.696. The minimum Gasteiger partial charge on any atom is -0.484 e. The van der Waals surface area contributed by atoms with E-state index in [0.29, 0.717) is 5.75 Å². The molecule has 1 aliphatic heterocycles. The van der Waals surface area contributed by atoms with Crippen LogP contribution in [0.15, 0.2) is 12.1 Å². The second-order valence-electron chi connectivity index (χ2n) is 8.56. The van der Waals surface area contributed by atoms with Crippen LogP contribution >= 0.6 is 11.6 Å². The Morgan fingerprint density at radius 1 is 1.10 bits per heavy atom. The molecule has 30 heavy (non-hydrogen) atoms. The predicted octanol–water partition coefficient (Wildman–Crippen LogP) is 3.45. The van der Waals surface area contributed by atoms with E-state index in [1.807, 2.05) is 37.9 Å². The highest BCUT2D eigenvalue weighted by atomic mass is 35.5. The third kappa shape index (κ3) is 5.10. The second kappa shape index (κ2) is 10.3. The zero-order valence-corrected chi connectivity index (χ0v) is 19.6. The van der Waals surface area contributed by atoms with Crippen LogP contribution in [0.25, 0.3) is 0 Å². The number of halogens is 1. The van der Waals surface area contributed by atoms with E-state index in [2.05, 4.69) is 4.90 Å². The molecule has 2 fully saturated rings. The summed E-state index contributed by atoms with van der Waals surface area (Å²) in [5.74, 6) is 0.644. The van der Waals surface area contributed by atoms with Gasteiger partial charge in [0.25, 0.3) is 5.91 Å². The Balaban J connectivity index is 1.69. The maximum atomic E-state index is 13.0. The van der Waals surface area contributed by atoms with Crippen LogP contribution in [0.1, 0.15) is 36.8 Å². The van der Waals surface area contributed by atoms with Gasteiger partial charge in [0.1, 0.15) is 5.75 Å². The van der Waals surface area contributed by atoms with E-state index in [4.69, 9.17) is 25.8 Å². The van der Waals surface area contributed by atoms with Gasteiger partial charge in [-0.3, -0.25) is 9.69 Å². The minimum atomic E-state index is -0.0276. The summed E-state index contributed by atoms with van der Waals surface area (Å²) < 4.78 is 17.3. The van der Waals surface area contributed by atoms with Gasteiger partial charge in [0, 0.05) is 38.4 Å². The van der Waals surface area contributed by atoms with Gasteiger partial charge >= 0.3 is 0 Å². The molecule has 1 saturated heterocycles. The summed E-state index contributed by atoms with van der Waals surface area (Å²) in [6.45, 7) is 6.05. The maximum Gasteiger partial charge on any atom is 0.260 e. The summed E-state index contributed by atoms with van der Waals surface area (Å²) in [4.78, 5) is 17.4. The Hall–Kier alpha value is -1.34. The normalized spacial score (nSPS) is 27.3. The molecule has 0 bridgehead atoms. The van der Waals surface area contributed by atoms with Crippen molar-refractivity contribution in [1.29, 1.82) is 0 Å². The Morgan fingerprint density at radius 2 is 1.67 bits per heavy atom. The first-order chi connectivity index (χ1) is 14.3. The second-order valence-corrected chi connectivity index (χ2v) is 8.94. The molecule has 0 spiro atoms. The number of ether oxygens (including phenoxy) is 3. The molecule has 3 rings (SSSR count). The number of nitrogens with zero attached hydrogens (tertiary/aromatic N) is 2. The highest BCUT2D eigenvalue weighted by molar-refractivity contribution is 6.32. The first kappa shape index (κ1) is 23.3.